The molecule has 0 unspecified atom stereocenters. The molecular formula is C15H18ClNO2. The van der Waals surface area contributed by atoms with Crippen molar-refractivity contribution in [3.8, 4) is 11.8 Å². The lowest BCUT2D eigenvalue weighted by atomic mass is 10.0. The number of hydrogen-bond acceptors (Lipinski definition) is 2. The van der Waals surface area contributed by atoms with Crippen LogP contribution in [0.2, 0.25) is 5.02 Å². The van der Waals surface area contributed by atoms with Crippen molar-refractivity contribution in [3.05, 3.63) is 34.3 Å². The molecule has 0 radical (unpaired) electrons. The summed E-state index contributed by atoms with van der Waals surface area (Å²) in [6, 6.07) is 4.94. The Bertz CT molecular complexity index is 527. The molecule has 0 aliphatic rings. The zero-order valence-electron chi connectivity index (χ0n) is 11.4. The van der Waals surface area contributed by atoms with Crippen molar-refractivity contribution in [2.24, 2.45) is 0 Å². The van der Waals surface area contributed by atoms with Crippen molar-refractivity contribution < 1.29 is 9.90 Å². The van der Waals surface area contributed by atoms with Crippen molar-refractivity contribution in [1.82, 2.24) is 5.32 Å². The van der Waals surface area contributed by atoms with Crippen LogP contribution in [0.4, 0.5) is 0 Å². The van der Waals surface area contributed by atoms with E-state index in [-0.39, 0.29) is 18.1 Å². The fraction of sp³-hybridized carbons (Fsp3) is 0.400. The van der Waals surface area contributed by atoms with Crippen molar-refractivity contribution in [2.45, 2.75) is 32.7 Å². The van der Waals surface area contributed by atoms with Gasteiger partial charge < -0.3 is 10.4 Å². The molecule has 0 fully saturated rings. The topological polar surface area (TPSA) is 49.3 Å². The third-order valence-electron chi connectivity index (χ3n) is 2.87. The summed E-state index contributed by atoms with van der Waals surface area (Å²) in [7, 11) is 0. The molecule has 0 heterocycles. The normalized spacial score (nSPS) is 10.6. The lowest BCUT2D eigenvalue weighted by Crippen LogP contribution is -2.42. The number of aliphatic hydroxyl groups is 1. The van der Waals surface area contributed by atoms with Crippen LogP contribution >= 0.6 is 11.6 Å². The summed E-state index contributed by atoms with van der Waals surface area (Å²) in [6.45, 7) is 5.73. The molecule has 4 heteroatoms. The summed E-state index contributed by atoms with van der Waals surface area (Å²) in [4.78, 5) is 12.1. The molecule has 0 saturated heterocycles. The van der Waals surface area contributed by atoms with Gasteiger partial charge in [-0.2, -0.15) is 0 Å². The number of nitrogens with one attached hydrogen (secondary N) is 1. The molecule has 0 atom stereocenters. The van der Waals surface area contributed by atoms with Crippen LogP contribution in [0.1, 0.15) is 43.1 Å². The SMILES string of the molecule is CCC(C)(C)NC(=O)c1ccc(C#CCO)c(Cl)c1. The summed E-state index contributed by atoms with van der Waals surface area (Å²) in [5.74, 6) is 5.09. The average molecular weight is 280 g/mol. The van der Waals surface area contributed by atoms with Gasteiger partial charge in [0.2, 0.25) is 0 Å². The van der Waals surface area contributed by atoms with E-state index in [1.54, 1.807) is 18.2 Å². The second kappa shape index (κ2) is 6.60. The fourth-order valence-corrected chi connectivity index (χ4v) is 1.59. The Morgan fingerprint density at radius 2 is 2.16 bits per heavy atom. The smallest absolute Gasteiger partial charge is 0.251 e. The number of rotatable bonds is 3. The van der Waals surface area contributed by atoms with Gasteiger partial charge in [-0.3, -0.25) is 4.79 Å². The first-order valence-electron chi connectivity index (χ1n) is 6.11. The molecule has 1 aromatic carbocycles. The predicted octanol–water partition coefficient (Wildman–Crippen LogP) is 2.60. The third kappa shape index (κ3) is 4.59. The van der Waals surface area contributed by atoms with E-state index in [9.17, 15) is 4.79 Å². The first kappa shape index (κ1) is 15.6. The molecule has 0 spiro atoms. The summed E-state index contributed by atoms with van der Waals surface area (Å²) in [5.41, 5.74) is 0.849. The van der Waals surface area contributed by atoms with E-state index in [1.807, 2.05) is 20.8 Å². The van der Waals surface area contributed by atoms with Crippen LogP contribution in [0.3, 0.4) is 0 Å². The first-order valence-corrected chi connectivity index (χ1v) is 6.49. The summed E-state index contributed by atoms with van der Waals surface area (Å²) in [5, 5.41) is 12.0. The Labute approximate surface area is 119 Å². The molecule has 0 aliphatic carbocycles. The van der Waals surface area contributed by atoms with Crippen molar-refractivity contribution in [1.29, 1.82) is 0 Å². The molecule has 0 aromatic heterocycles. The maximum atomic E-state index is 12.1. The second-order valence-electron chi connectivity index (χ2n) is 4.85. The van der Waals surface area contributed by atoms with E-state index in [2.05, 4.69) is 17.2 Å². The van der Waals surface area contributed by atoms with E-state index in [4.69, 9.17) is 16.7 Å². The second-order valence-corrected chi connectivity index (χ2v) is 5.25. The molecular weight excluding hydrogens is 262 g/mol. The Kier molecular flexibility index (Phi) is 5.41. The third-order valence-corrected chi connectivity index (χ3v) is 3.18. The van der Waals surface area contributed by atoms with Gasteiger partial charge in [0.25, 0.3) is 5.91 Å². The largest absolute Gasteiger partial charge is 0.384 e. The number of halogens is 1. The number of amides is 1. The van der Waals surface area contributed by atoms with Crippen molar-refractivity contribution >= 4 is 17.5 Å². The Hall–Kier alpha value is -1.50. The van der Waals surface area contributed by atoms with Crippen LogP contribution in [0.15, 0.2) is 18.2 Å². The Morgan fingerprint density at radius 1 is 1.47 bits per heavy atom. The lowest BCUT2D eigenvalue weighted by molar-refractivity contribution is 0.0911. The highest BCUT2D eigenvalue weighted by atomic mass is 35.5. The number of benzene rings is 1. The molecule has 3 nitrogen and oxygen atoms in total. The van der Waals surface area contributed by atoms with Crippen LogP contribution in [0.5, 0.6) is 0 Å². The quantitative estimate of drug-likeness (QED) is 0.836. The Balaban J connectivity index is 2.92. The fourth-order valence-electron chi connectivity index (χ4n) is 1.36. The summed E-state index contributed by atoms with van der Waals surface area (Å²) in [6.07, 6.45) is 0.840. The molecule has 1 rings (SSSR count). The van der Waals surface area contributed by atoms with Gasteiger partial charge in [-0.05, 0) is 38.5 Å². The van der Waals surface area contributed by atoms with Gasteiger partial charge >= 0.3 is 0 Å². The van der Waals surface area contributed by atoms with Crippen molar-refractivity contribution in [2.75, 3.05) is 6.61 Å². The molecule has 2 N–H and O–H groups in total. The maximum Gasteiger partial charge on any atom is 0.251 e. The monoisotopic (exact) mass is 279 g/mol. The summed E-state index contributed by atoms with van der Waals surface area (Å²) < 4.78 is 0. The number of carbonyl (C=O) groups excluding carboxylic acids is 1. The van der Waals surface area contributed by atoms with Gasteiger partial charge in [0.1, 0.15) is 6.61 Å². The first-order chi connectivity index (χ1) is 8.89. The average Bonchev–Trinajstić information content (AvgIpc) is 2.36. The van der Waals surface area contributed by atoms with Crippen LogP contribution < -0.4 is 5.32 Å². The maximum absolute atomic E-state index is 12.1. The zero-order valence-corrected chi connectivity index (χ0v) is 12.1. The molecule has 0 saturated carbocycles. The zero-order chi connectivity index (χ0) is 14.5. The minimum Gasteiger partial charge on any atom is -0.384 e. The van der Waals surface area contributed by atoms with Gasteiger partial charge in [-0.1, -0.05) is 30.4 Å². The molecule has 102 valence electrons. The predicted molar refractivity (Wildman–Crippen MR) is 77.3 cm³/mol. The molecule has 1 aromatic rings. The Morgan fingerprint density at radius 3 is 2.68 bits per heavy atom. The van der Waals surface area contributed by atoms with Crippen LogP contribution in [0.25, 0.3) is 0 Å². The van der Waals surface area contributed by atoms with Gasteiger partial charge in [0.15, 0.2) is 0 Å². The van der Waals surface area contributed by atoms with Gasteiger partial charge in [-0.25, -0.2) is 0 Å². The number of hydrogen-bond donors (Lipinski definition) is 2. The minimum atomic E-state index is -0.251. The highest BCUT2D eigenvalue weighted by Gasteiger charge is 2.19. The van der Waals surface area contributed by atoms with Gasteiger partial charge in [-0.15, -0.1) is 0 Å². The number of aliphatic hydroxyl groups excluding tert-OH is 1. The molecule has 0 aliphatic heterocycles. The van der Waals surface area contributed by atoms with Crippen LogP contribution in [-0.2, 0) is 0 Å². The molecule has 1 amide bonds. The van der Waals surface area contributed by atoms with E-state index in [0.29, 0.717) is 16.1 Å². The minimum absolute atomic E-state index is 0.157. The van der Waals surface area contributed by atoms with E-state index in [1.165, 1.54) is 0 Å². The van der Waals surface area contributed by atoms with Crippen LogP contribution in [0, 0.1) is 11.8 Å². The van der Waals surface area contributed by atoms with E-state index >= 15 is 0 Å². The van der Waals surface area contributed by atoms with Crippen molar-refractivity contribution in [3.63, 3.8) is 0 Å². The highest BCUT2D eigenvalue weighted by molar-refractivity contribution is 6.32. The van der Waals surface area contributed by atoms with E-state index in [0.717, 1.165) is 6.42 Å². The number of carbonyl (C=O) groups is 1. The molecule has 0 bridgehead atoms. The van der Waals surface area contributed by atoms with Gasteiger partial charge in [0.05, 0.1) is 5.02 Å². The highest BCUT2D eigenvalue weighted by Crippen LogP contribution is 2.18. The van der Waals surface area contributed by atoms with Crippen LogP contribution in [-0.4, -0.2) is 23.2 Å². The summed E-state index contributed by atoms with van der Waals surface area (Å²) >= 11 is 6.05. The lowest BCUT2D eigenvalue weighted by Gasteiger charge is -2.24. The standard InChI is InChI=1S/C15H18ClNO2/c1-4-15(2,3)17-14(19)12-8-7-11(6-5-9-18)13(16)10-12/h7-8,10,18H,4,9H2,1-3H3,(H,17,19). The molecule has 19 heavy (non-hydrogen) atoms. The van der Waals surface area contributed by atoms with Gasteiger partial charge in [0, 0.05) is 16.7 Å². The van der Waals surface area contributed by atoms with E-state index < -0.39 is 0 Å².